The van der Waals surface area contributed by atoms with Crippen molar-refractivity contribution in [1.29, 1.82) is 0 Å². The number of nitrogens with zero attached hydrogens (tertiary/aromatic N) is 3. The predicted molar refractivity (Wildman–Crippen MR) is 103 cm³/mol. The highest BCUT2D eigenvalue weighted by molar-refractivity contribution is 6.27. The second-order valence-electron chi connectivity index (χ2n) is 7.73. The molecule has 26 heavy (non-hydrogen) atoms. The maximum atomic E-state index is 12.6. The van der Waals surface area contributed by atoms with E-state index in [4.69, 9.17) is 11.6 Å². The molecule has 2 aliphatic carbocycles. The third kappa shape index (κ3) is 3.27. The number of alkyl halides is 1. The second kappa shape index (κ2) is 7.07. The molecule has 5 heteroatoms. The van der Waals surface area contributed by atoms with Gasteiger partial charge in [-0.15, -0.1) is 11.6 Å². The van der Waals surface area contributed by atoms with Crippen LogP contribution in [0.2, 0.25) is 0 Å². The summed E-state index contributed by atoms with van der Waals surface area (Å²) in [5, 5.41) is 4.58. The fourth-order valence-corrected chi connectivity index (χ4v) is 4.82. The lowest BCUT2D eigenvalue weighted by Gasteiger charge is -2.34. The van der Waals surface area contributed by atoms with Crippen molar-refractivity contribution in [1.82, 2.24) is 14.7 Å². The molecule has 1 heterocycles. The van der Waals surface area contributed by atoms with E-state index in [2.05, 4.69) is 30.4 Å². The Morgan fingerprint density at radius 2 is 2.15 bits per heavy atom. The molecular formula is C21H26ClN3O. The highest BCUT2D eigenvalue weighted by Gasteiger charge is 2.29. The zero-order valence-corrected chi connectivity index (χ0v) is 16.4. The van der Waals surface area contributed by atoms with E-state index in [0.717, 1.165) is 31.4 Å². The SMILES string of the molecule is Cc1cc(CN(C(=O)CCl)C2CCc3cn(C)nc3C2)cc2c1CCC2. The summed E-state index contributed by atoms with van der Waals surface area (Å²) >= 11 is 5.95. The van der Waals surface area contributed by atoms with Gasteiger partial charge in [-0.3, -0.25) is 9.48 Å². The number of rotatable bonds is 4. The molecule has 1 unspecified atom stereocenters. The van der Waals surface area contributed by atoms with E-state index < -0.39 is 0 Å². The van der Waals surface area contributed by atoms with Crippen LogP contribution in [0.1, 0.15) is 46.4 Å². The fourth-order valence-electron chi connectivity index (χ4n) is 4.67. The first-order valence-electron chi connectivity index (χ1n) is 9.53. The number of aryl methyl sites for hydroxylation is 4. The number of halogens is 1. The highest BCUT2D eigenvalue weighted by Crippen LogP contribution is 2.29. The first-order chi connectivity index (χ1) is 12.5. The van der Waals surface area contributed by atoms with Crippen LogP contribution in [-0.2, 0) is 44.1 Å². The Kier molecular flexibility index (Phi) is 4.78. The number of hydrogen-bond donors (Lipinski definition) is 0. The summed E-state index contributed by atoms with van der Waals surface area (Å²) in [5.74, 6) is 0.0596. The Morgan fingerprint density at radius 1 is 1.31 bits per heavy atom. The van der Waals surface area contributed by atoms with Crippen LogP contribution in [0.3, 0.4) is 0 Å². The lowest BCUT2D eigenvalue weighted by molar-refractivity contribution is -0.131. The summed E-state index contributed by atoms with van der Waals surface area (Å²) in [5.41, 5.74) is 8.02. The first kappa shape index (κ1) is 17.6. The summed E-state index contributed by atoms with van der Waals surface area (Å²) < 4.78 is 1.88. The van der Waals surface area contributed by atoms with Crippen molar-refractivity contribution in [2.24, 2.45) is 7.05 Å². The quantitative estimate of drug-likeness (QED) is 0.773. The number of carbonyl (C=O) groups excluding carboxylic acids is 1. The molecule has 0 N–H and O–H groups in total. The van der Waals surface area contributed by atoms with Gasteiger partial charge in [-0.25, -0.2) is 0 Å². The van der Waals surface area contributed by atoms with Crippen LogP contribution in [0, 0.1) is 6.92 Å². The molecule has 4 nitrogen and oxygen atoms in total. The van der Waals surface area contributed by atoms with Crippen molar-refractivity contribution in [3.63, 3.8) is 0 Å². The molecule has 0 spiro atoms. The lowest BCUT2D eigenvalue weighted by Crippen LogP contribution is -2.43. The maximum absolute atomic E-state index is 12.6. The van der Waals surface area contributed by atoms with Crippen LogP contribution < -0.4 is 0 Å². The summed E-state index contributed by atoms with van der Waals surface area (Å²) in [6.07, 6.45) is 8.47. The first-order valence-corrected chi connectivity index (χ1v) is 10.1. The Labute approximate surface area is 160 Å². The van der Waals surface area contributed by atoms with E-state index >= 15 is 0 Å². The van der Waals surface area contributed by atoms with Gasteiger partial charge in [0.05, 0.1) is 5.69 Å². The van der Waals surface area contributed by atoms with E-state index in [-0.39, 0.29) is 17.8 Å². The van der Waals surface area contributed by atoms with Gasteiger partial charge in [0.2, 0.25) is 5.91 Å². The molecule has 1 atom stereocenters. The van der Waals surface area contributed by atoms with Crippen LogP contribution in [0.4, 0.5) is 0 Å². The molecule has 0 saturated carbocycles. The molecule has 0 radical (unpaired) electrons. The molecule has 2 aliphatic rings. The van der Waals surface area contributed by atoms with Gasteiger partial charge in [-0.05, 0) is 66.8 Å². The molecule has 0 aliphatic heterocycles. The Hall–Kier alpha value is -1.81. The van der Waals surface area contributed by atoms with Crippen LogP contribution in [0.25, 0.3) is 0 Å². The zero-order valence-electron chi connectivity index (χ0n) is 15.6. The van der Waals surface area contributed by atoms with Crippen LogP contribution in [0.15, 0.2) is 18.3 Å². The van der Waals surface area contributed by atoms with Crippen molar-refractivity contribution in [3.8, 4) is 0 Å². The van der Waals surface area contributed by atoms with E-state index in [0.29, 0.717) is 6.54 Å². The Balaban J connectivity index is 1.58. The minimum absolute atomic E-state index is 0.0224. The monoisotopic (exact) mass is 371 g/mol. The number of fused-ring (bicyclic) bond motifs is 2. The Bertz CT molecular complexity index is 842. The van der Waals surface area contributed by atoms with E-state index in [1.54, 1.807) is 0 Å². The number of aromatic nitrogens is 2. The molecule has 4 rings (SSSR count). The lowest BCUT2D eigenvalue weighted by atomic mass is 9.92. The van der Waals surface area contributed by atoms with Gasteiger partial charge >= 0.3 is 0 Å². The minimum Gasteiger partial charge on any atom is -0.334 e. The van der Waals surface area contributed by atoms with Crippen molar-refractivity contribution in [2.75, 3.05) is 5.88 Å². The van der Waals surface area contributed by atoms with E-state index in [1.165, 1.54) is 40.7 Å². The van der Waals surface area contributed by atoms with Gasteiger partial charge in [-0.2, -0.15) is 5.10 Å². The molecule has 1 amide bonds. The minimum atomic E-state index is 0.0224. The second-order valence-corrected chi connectivity index (χ2v) is 8.00. The third-order valence-corrected chi connectivity index (χ3v) is 6.12. The van der Waals surface area contributed by atoms with Crippen LogP contribution in [0.5, 0.6) is 0 Å². The van der Waals surface area contributed by atoms with Crippen LogP contribution in [-0.4, -0.2) is 32.5 Å². The fraction of sp³-hybridized carbons (Fsp3) is 0.524. The summed E-state index contributed by atoms with van der Waals surface area (Å²) in [4.78, 5) is 14.6. The predicted octanol–water partition coefficient (Wildman–Crippen LogP) is 3.34. The highest BCUT2D eigenvalue weighted by atomic mass is 35.5. The zero-order chi connectivity index (χ0) is 18.3. The number of hydrogen-bond acceptors (Lipinski definition) is 2. The van der Waals surface area contributed by atoms with Crippen molar-refractivity contribution < 1.29 is 4.79 Å². The van der Waals surface area contributed by atoms with Crippen molar-refractivity contribution in [2.45, 2.75) is 58.0 Å². The molecule has 1 aromatic heterocycles. The van der Waals surface area contributed by atoms with Gasteiger partial charge in [0.15, 0.2) is 0 Å². The molecule has 1 aromatic carbocycles. The Morgan fingerprint density at radius 3 is 2.96 bits per heavy atom. The topological polar surface area (TPSA) is 38.1 Å². The van der Waals surface area contributed by atoms with E-state index in [1.807, 2.05) is 16.6 Å². The summed E-state index contributed by atoms with van der Waals surface area (Å²) in [6.45, 7) is 2.84. The normalized spacial score (nSPS) is 18.5. The molecular weight excluding hydrogens is 346 g/mol. The number of amides is 1. The van der Waals surface area contributed by atoms with Gasteiger partial charge in [-0.1, -0.05) is 12.1 Å². The largest absolute Gasteiger partial charge is 0.334 e. The molecule has 138 valence electrons. The average Bonchev–Trinajstić information content (AvgIpc) is 3.23. The van der Waals surface area contributed by atoms with Gasteiger partial charge in [0.1, 0.15) is 5.88 Å². The third-order valence-electron chi connectivity index (χ3n) is 5.89. The maximum Gasteiger partial charge on any atom is 0.238 e. The molecule has 0 saturated heterocycles. The van der Waals surface area contributed by atoms with Crippen molar-refractivity contribution in [3.05, 3.63) is 51.8 Å². The molecule has 2 aromatic rings. The van der Waals surface area contributed by atoms with Crippen molar-refractivity contribution >= 4 is 17.5 Å². The smallest absolute Gasteiger partial charge is 0.238 e. The average molecular weight is 372 g/mol. The number of carbonyl (C=O) groups is 1. The molecule has 0 fully saturated rings. The summed E-state index contributed by atoms with van der Waals surface area (Å²) in [6, 6.07) is 4.74. The number of benzene rings is 1. The molecule has 0 bridgehead atoms. The summed E-state index contributed by atoms with van der Waals surface area (Å²) in [7, 11) is 1.96. The van der Waals surface area contributed by atoms with Gasteiger partial charge in [0, 0.05) is 32.3 Å². The van der Waals surface area contributed by atoms with Gasteiger partial charge in [0.25, 0.3) is 0 Å². The van der Waals surface area contributed by atoms with E-state index in [9.17, 15) is 4.79 Å². The van der Waals surface area contributed by atoms with Gasteiger partial charge < -0.3 is 4.90 Å². The van der Waals surface area contributed by atoms with Crippen LogP contribution >= 0.6 is 11.6 Å². The standard InChI is InChI=1S/C21H26ClN3O/c1-14-8-15(9-16-4-3-5-19(14)16)12-25(21(26)11-22)18-7-6-17-13-24(2)23-20(17)10-18/h8-9,13,18H,3-7,10-12H2,1-2H3.